The van der Waals surface area contributed by atoms with Crippen LogP contribution in [0.25, 0.3) is 0 Å². The Bertz CT molecular complexity index is 847. The van der Waals surface area contributed by atoms with Gasteiger partial charge in [0.1, 0.15) is 12.4 Å². The largest absolute Gasteiger partial charge is 0.485 e. The van der Waals surface area contributed by atoms with Crippen LogP contribution in [0.2, 0.25) is 0 Å². The monoisotopic (exact) mass is 357 g/mol. The minimum atomic E-state index is -1.27. The van der Waals surface area contributed by atoms with Gasteiger partial charge < -0.3 is 19.5 Å². The molecular weight excluding hydrogens is 338 g/mol. The molecule has 8 nitrogen and oxygen atoms in total. The molecule has 0 atom stereocenters. The number of ether oxygens (including phenoxy) is 3. The summed E-state index contributed by atoms with van der Waals surface area (Å²) in [4.78, 5) is 23.9. The Balaban J connectivity index is 1.73. The molecule has 1 N–H and O–H groups in total. The minimum Gasteiger partial charge on any atom is -0.485 e. The predicted octanol–water partition coefficient (Wildman–Crippen LogP) is 2.13. The van der Waals surface area contributed by atoms with Gasteiger partial charge >= 0.3 is 11.9 Å². The number of nitrogens with one attached hydrogen (secondary N) is 1. The molecule has 8 heteroatoms. The number of carbonyl (C=O) groups is 2. The number of carbonyl (C=O) groups excluding carboxylic acids is 2. The van der Waals surface area contributed by atoms with Crippen molar-refractivity contribution < 1.29 is 23.8 Å². The van der Waals surface area contributed by atoms with Crippen LogP contribution in [0.5, 0.6) is 5.75 Å². The van der Waals surface area contributed by atoms with E-state index in [-0.39, 0.29) is 5.57 Å². The normalized spacial score (nSPS) is 15.9. The van der Waals surface area contributed by atoms with E-state index in [1.54, 1.807) is 29.1 Å². The van der Waals surface area contributed by atoms with Gasteiger partial charge in [-0.3, -0.25) is 4.68 Å². The van der Waals surface area contributed by atoms with Gasteiger partial charge in [0.15, 0.2) is 5.57 Å². The SMILES string of the molecule is Cn1nccc1COc1ccccc1NC=C1C(=O)OC(C)(C)OC1=O. The summed E-state index contributed by atoms with van der Waals surface area (Å²) in [5, 5.41) is 6.99. The van der Waals surface area contributed by atoms with Crippen LogP contribution in [-0.4, -0.2) is 27.5 Å². The van der Waals surface area contributed by atoms with Gasteiger partial charge in [-0.25, -0.2) is 9.59 Å². The first kappa shape index (κ1) is 17.5. The number of esters is 2. The van der Waals surface area contributed by atoms with Gasteiger partial charge in [-0.15, -0.1) is 0 Å². The van der Waals surface area contributed by atoms with E-state index in [4.69, 9.17) is 14.2 Å². The quantitative estimate of drug-likeness (QED) is 0.498. The van der Waals surface area contributed by atoms with E-state index in [0.29, 0.717) is 18.0 Å². The molecule has 0 radical (unpaired) electrons. The summed E-state index contributed by atoms with van der Waals surface area (Å²) < 4.78 is 17.6. The van der Waals surface area contributed by atoms with Crippen LogP contribution in [-0.2, 0) is 32.7 Å². The van der Waals surface area contributed by atoms with E-state index in [1.165, 1.54) is 20.0 Å². The lowest BCUT2D eigenvalue weighted by Crippen LogP contribution is -2.42. The Morgan fingerprint density at radius 2 is 1.88 bits per heavy atom. The summed E-state index contributed by atoms with van der Waals surface area (Å²) in [5.41, 5.74) is 1.28. The van der Waals surface area contributed by atoms with Gasteiger partial charge in [-0.2, -0.15) is 5.10 Å². The highest BCUT2D eigenvalue weighted by Gasteiger charge is 2.38. The highest BCUT2D eigenvalue weighted by atomic mass is 16.7. The molecule has 136 valence electrons. The fraction of sp³-hybridized carbons (Fsp3) is 0.278. The Kier molecular flexibility index (Phi) is 4.66. The summed E-state index contributed by atoms with van der Waals surface area (Å²) >= 11 is 0. The third-order valence-corrected chi connectivity index (χ3v) is 3.67. The first-order valence-electron chi connectivity index (χ1n) is 7.98. The summed E-state index contributed by atoms with van der Waals surface area (Å²) in [6.07, 6.45) is 2.95. The molecule has 1 aliphatic heterocycles. The maximum absolute atomic E-state index is 12.0. The molecule has 2 heterocycles. The van der Waals surface area contributed by atoms with E-state index in [0.717, 1.165) is 5.69 Å². The molecule has 3 rings (SSSR count). The molecule has 1 aromatic heterocycles. The van der Waals surface area contributed by atoms with Gasteiger partial charge in [-0.05, 0) is 18.2 Å². The minimum absolute atomic E-state index is 0.217. The van der Waals surface area contributed by atoms with E-state index in [2.05, 4.69) is 10.4 Å². The van der Waals surface area contributed by atoms with Gasteiger partial charge in [0.05, 0.1) is 11.4 Å². The van der Waals surface area contributed by atoms with Crippen LogP contribution >= 0.6 is 0 Å². The van der Waals surface area contributed by atoms with Crippen molar-refractivity contribution in [3.63, 3.8) is 0 Å². The molecule has 2 aromatic rings. The van der Waals surface area contributed by atoms with Crippen molar-refractivity contribution in [2.75, 3.05) is 5.32 Å². The third kappa shape index (κ3) is 3.85. The number of anilines is 1. The Morgan fingerprint density at radius 3 is 2.54 bits per heavy atom. The lowest BCUT2D eigenvalue weighted by atomic mass is 10.2. The zero-order valence-electron chi connectivity index (χ0n) is 14.7. The molecule has 26 heavy (non-hydrogen) atoms. The standard InChI is InChI=1S/C18H19N3O5/c1-18(2)25-16(22)13(17(23)26-18)10-19-14-6-4-5-7-15(14)24-11-12-8-9-20-21(12)3/h4-10,19H,11H2,1-3H3. The van der Waals surface area contributed by atoms with Crippen molar-refractivity contribution in [3.05, 3.63) is 54.0 Å². The Morgan fingerprint density at radius 1 is 1.19 bits per heavy atom. The van der Waals surface area contributed by atoms with Gasteiger partial charge in [0.25, 0.3) is 5.79 Å². The fourth-order valence-corrected chi connectivity index (χ4v) is 2.33. The summed E-state index contributed by atoms with van der Waals surface area (Å²) in [6.45, 7) is 3.31. The molecule has 0 saturated carbocycles. The highest BCUT2D eigenvalue weighted by molar-refractivity contribution is 6.15. The number of hydrogen-bond donors (Lipinski definition) is 1. The second-order valence-electron chi connectivity index (χ2n) is 6.11. The lowest BCUT2D eigenvalue weighted by Gasteiger charge is -2.29. The third-order valence-electron chi connectivity index (χ3n) is 3.67. The number of para-hydroxylation sites is 2. The summed E-state index contributed by atoms with van der Waals surface area (Å²) in [5.74, 6) is -2.20. The maximum Gasteiger partial charge on any atom is 0.350 e. The number of nitrogens with zero attached hydrogens (tertiary/aromatic N) is 2. The molecule has 0 bridgehead atoms. The van der Waals surface area contributed by atoms with Crippen molar-refractivity contribution in [2.24, 2.45) is 7.05 Å². The molecule has 0 unspecified atom stereocenters. The summed E-state index contributed by atoms with van der Waals surface area (Å²) in [6, 6.07) is 9.02. The van der Waals surface area contributed by atoms with Crippen LogP contribution in [0.3, 0.4) is 0 Å². The van der Waals surface area contributed by atoms with Crippen molar-refractivity contribution >= 4 is 17.6 Å². The van der Waals surface area contributed by atoms with Gasteiger partial charge in [0.2, 0.25) is 0 Å². The van der Waals surface area contributed by atoms with Crippen molar-refractivity contribution in [2.45, 2.75) is 26.2 Å². The van der Waals surface area contributed by atoms with Crippen molar-refractivity contribution in [3.8, 4) is 5.75 Å². The highest BCUT2D eigenvalue weighted by Crippen LogP contribution is 2.26. The number of aromatic nitrogens is 2. The summed E-state index contributed by atoms with van der Waals surface area (Å²) in [7, 11) is 1.83. The number of aryl methyl sites for hydroxylation is 1. The number of rotatable bonds is 5. The Labute approximate surface area is 150 Å². The van der Waals surface area contributed by atoms with Crippen LogP contribution in [0.4, 0.5) is 5.69 Å². The molecule has 1 saturated heterocycles. The van der Waals surface area contributed by atoms with E-state index in [9.17, 15) is 9.59 Å². The fourth-order valence-electron chi connectivity index (χ4n) is 2.33. The van der Waals surface area contributed by atoms with Crippen LogP contribution in [0, 0.1) is 0 Å². The van der Waals surface area contributed by atoms with Crippen LogP contribution < -0.4 is 10.1 Å². The van der Waals surface area contributed by atoms with E-state index >= 15 is 0 Å². The number of benzene rings is 1. The molecular formula is C18H19N3O5. The molecule has 0 amide bonds. The average molecular weight is 357 g/mol. The van der Waals surface area contributed by atoms with E-state index in [1.807, 2.05) is 19.2 Å². The van der Waals surface area contributed by atoms with Gasteiger partial charge in [0, 0.05) is 33.3 Å². The topological polar surface area (TPSA) is 91.7 Å². The zero-order chi connectivity index (χ0) is 18.7. The lowest BCUT2D eigenvalue weighted by molar-refractivity contribution is -0.222. The zero-order valence-corrected chi connectivity index (χ0v) is 14.7. The first-order valence-corrected chi connectivity index (χ1v) is 7.98. The molecule has 1 aromatic carbocycles. The van der Waals surface area contributed by atoms with Crippen LogP contribution in [0.15, 0.2) is 48.3 Å². The first-order chi connectivity index (χ1) is 12.4. The molecule has 1 fully saturated rings. The van der Waals surface area contributed by atoms with Gasteiger partial charge in [-0.1, -0.05) is 12.1 Å². The second kappa shape index (κ2) is 6.91. The van der Waals surface area contributed by atoms with Crippen molar-refractivity contribution in [1.82, 2.24) is 9.78 Å². The molecule has 0 aliphatic carbocycles. The molecule has 1 aliphatic rings. The number of cyclic esters (lactones) is 2. The maximum atomic E-state index is 12.0. The number of hydrogen-bond acceptors (Lipinski definition) is 7. The smallest absolute Gasteiger partial charge is 0.350 e. The predicted molar refractivity (Wildman–Crippen MR) is 92.0 cm³/mol. The molecule has 0 spiro atoms. The Hall–Kier alpha value is -3.29. The average Bonchev–Trinajstić information content (AvgIpc) is 2.97. The van der Waals surface area contributed by atoms with Crippen LogP contribution in [0.1, 0.15) is 19.5 Å². The second-order valence-corrected chi connectivity index (χ2v) is 6.11. The van der Waals surface area contributed by atoms with Crippen molar-refractivity contribution in [1.29, 1.82) is 0 Å². The van der Waals surface area contributed by atoms with E-state index < -0.39 is 17.7 Å².